The van der Waals surface area contributed by atoms with Crippen LogP contribution in [-0.2, 0) is 14.8 Å². The number of allylic oxidation sites excluding steroid dienone is 1. The zero-order valence-corrected chi connectivity index (χ0v) is 8.23. The lowest BCUT2D eigenvalue weighted by Crippen LogP contribution is -2.22. The van der Waals surface area contributed by atoms with E-state index in [1.165, 1.54) is 7.11 Å². The maximum atomic E-state index is 10.8. The standard InChI is InChI=1S/C7H13NO3S/c1-5-7(6(2)11-3)8-12(4,9)10/h5,8H,2H2,1,3-4H3. The number of rotatable bonds is 4. The van der Waals surface area contributed by atoms with Gasteiger partial charge >= 0.3 is 0 Å². The number of ether oxygens (including phenoxy) is 1. The smallest absolute Gasteiger partial charge is 0.229 e. The van der Waals surface area contributed by atoms with Crippen LogP contribution < -0.4 is 4.72 Å². The monoisotopic (exact) mass is 191 g/mol. The topological polar surface area (TPSA) is 55.4 Å². The van der Waals surface area contributed by atoms with E-state index in [0.717, 1.165) is 6.26 Å². The summed E-state index contributed by atoms with van der Waals surface area (Å²) in [6, 6.07) is 0. The predicted octanol–water partition coefficient (Wildman–Crippen LogP) is 0.599. The van der Waals surface area contributed by atoms with Crippen molar-refractivity contribution in [2.45, 2.75) is 6.92 Å². The van der Waals surface area contributed by atoms with Crippen molar-refractivity contribution < 1.29 is 13.2 Å². The van der Waals surface area contributed by atoms with Gasteiger partial charge in [0.25, 0.3) is 0 Å². The Labute approximate surface area is 73.0 Å². The van der Waals surface area contributed by atoms with Crippen molar-refractivity contribution >= 4 is 10.0 Å². The molecule has 12 heavy (non-hydrogen) atoms. The van der Waals surface area contributed by atoms with Crippen LogP contribution in [0.3, 0.4) is 0 Å². The van der Waals surface area contributed by atoms with Gasteiger partial charge in [-0.2, -0.15) is 0 Å². The molecule has 0 aliphatic heterocycles. The van der Waals surface area contributed by atoms with Gasteiger partial charge in [0.2, 0.25) is 10.0 Å². The fourth-order valence-electron chi connectivity index (χ4n) is 0.587. The van der Waals surface area contributed by atoms with Crippen molar-refractivity contribution in [2.75, 3.05) is 13.4 Å². The highest BCUT2D eigenvalue weighted by Gasteiger charge is 2.06. The van der Waals surface area contributed by atoms with Gasteiger partial charge in [0, 0.05) is 0 Å². The molecule has 0 heterocycles. The van der Waals surface area contributed by atoms with Gasteiger partial charge in [-0.3, -0.25) is 4.72 Å². The molecule has 0 aliphatic carbocycles. The van der Waals surface area contributed by atoms with E-state index in [1.54, 1.807) is 13.0 Å². The maximum absolute atomic E-state index is 10.8. The first-order valence-electron chi connectivity index (χ1n) is 3.28. The van der Waals surface area contributed by atoms with Crippen LogP contribution in [0.4, 0.5) is 0 Å². The summed E-state index contributed by atoms with van der Waals surface area (Å²) in [6.45, 7) is 5.20. The third-order valence-corrected chi connectivity index (χ3v) is 1.72. The largest absolute Gasteiger partial charge is 0.495 e. The van der Waals surface area contributed by atoms with Gasteiger partial charge in [0.1, 0.15) is 5.76 Å². The number of sulfonamides is 1. The highest BCUT2D eigenvalue weighted by molar-refractivity contribution is 7.88. The lowest BCUT2D eigenvalue weighted by atomic mass is 10.4. The number of hydrogen-bond donors (Lipinski definition) is 1. The van der Waals surface area contributed by atoms with Crippen LogP contribution in [0.25, 0.3) is 0 Å². The van der Waals surface area contributed by atoms with Gasteiger partial charge in [-0.1, -0.05) is 12.7 Å². The van der Waals surface area contributed by atoms with Crippen molar-refractivity contribution in [1.29, 1.82) is 0 Å². The Hall–Kier alpha value is -0.970. The summed E-state index contributed by atoms with van der Waals surface area (Å²) in [7, 11) is -1.82. The molecular weight excluding hydrogens is 178 g/mol. The Bertz CT molecular complexity index is 290. The molecule has 0 radical (unpaired) electrons. The van der Waals surface area contributed by atoms with E-state index in [1.807, 2.05) is 0 Å². The minimum Gasteiger partial charge on any atom is -0.495 e. The molecule has 5 heteroatoms. The first-order valence-corrected chi connectivity index (χ1v) is 5.17. The molecule has 0 atom stereocenters. The molecule has 0 aromatic heterocycles. The van der Waals surface area contributed by atoms with Gasteiger partial charge in [0.05, 0.1) is 19.1 Å². The Morgan fingerprint density at radius 3 is 2.33 bits per heavy atom. The van der Waals surface area contributed by atoms with Gasteiger partial charge < -0.3 is 4.74 Å². The van der Waals surface area contributed by atoms with E-state index >= 15 is 0 Å². The molecule has 0 bridgehead atoms. The molecule has 0 aromatic rings. The van der Waals surface area contributed by atoms with Crippen molar-refractivity contribution in [3.63, 3.8) is 0 Å². The van der Waals surface area contributed by atoms with Gasteiger partial charge in [-0.25, -0.2) is 8.42 Å². The SMILES string of the molecule is C=C(OC)C(=CC)NS(C)(=O)=O. The van der Waals surface area contributed by atoms with Crippen LogP contribution in [-0.4, -0.2) is 21.8 Å². The van der Waals surface area contributed by atoms with Crippen LogP contribution >= 0.6 is 0 Å². The van der Waals surface area contributed by atoms with Crippen LogP contribution in [0.1, 0.15) is 6.92 Å². The maximum Gasteiger partial charge on any atom is 0.229 e. The van der Waals surface area contributed by atoms with E-state index in [2.05, 4.69) is 11.3 Å². The summed E-state index contributed by atoms with van der Waals surface area (Å²) in [5, 5.41) is 0. The van der Waals surface area contributed by atoms with Crippen LogP contribution in [0.5, 0.6) is 0 Å². The fraction of sp³-hybridized carbons (Fsp3) is 0.429. The Balaban J connectivity index is 4.53. The minimum absolute atomic E-state index is 0.294. The average molecular weight is 191 g/mol. The first-order chi connectivity index (χ1) is 5.40. The third-order valence-electron chi connectivity index (χ3n) is 1.13. The molecule has 0 spiro atoms. The summed E-state index contributed by atoms with van der Waals surface area (Å²) >= 11 is 0. The summed E-state index contributed by atoms with van der Waals surface area (Å²) in [6.07, 6.45) is 2.65. The Kier molecular flexibility index (Phi) is 3.82. The highest BCUT2D eigenvalue weighted by atomic mass is 32.2. The molecule has 4 nitrogen and oxygen atoms in total. The molecule has 0 rings (SSSR count). The van der Waals surface area contributed by atoms with Crippen LogP contribution in [0.15, 0.2) is 24.1 Å². The van der Waals surface area contributed by atoms with Gasteiger partial charge in [0.15, 0.2) is 0 Å². The second-order valence-corrected chi connectivity index (χ2v) is 3.95. The summed E-state index contributed by atoms with van der Waals surface area (Å²) in [4.78, 5) is 0. The molecule has 0 amide bonds. The van der Waals surface area contributed by atoms with Crippen molar-refractivity contribution in [3.05, 3.63) is 24.1 Å². The van der Waals surface area contributed by atoms with Crippen molar-refractivity contribution in [2.24, 2.45) is 0 Å². The molecule has 0 saturated carbocycles. The molecule has 0 unspecified atom stereocenters. The number of nitrogens with one attached hydrogen (secondary N) is 1. The lowest BCUT2D eigenvalue weighted by Gasteiger charge is -2.09. The van der Waals surface area contributed by atoms with Crippen molar-refractivity contribution in [1.82, 2.24) is 4.72 Å². The quantitative estimate of drug-likeness (QED) is 0.523. The second-order valence-electron chi connectivity index (χ2n) is 2.20. The summed E-state index contributed by atoms with van der Waals surface area (Å²) in [5.74, 6) is 0.294. The first kappa shape index (κ1) is 11.0. The van der Waals surface area contributed by atoms with E-state index in [4.69, 9.17) is 4.74 Å². The molecule has 0 fully saturated rings. The second kappa shape index (κ2) is 4.15. The molecular formula is C7H13NO3S. The summed E-state index contributed by atoms with van der Waals surface area (Å²) < 4.78 is 28.6. The zero-order valence-electron chi connectivity index (χ0n) is 7.42. The van der Waals surface area contributed by atoms with Crippen LogP contribution in [0, 0.1) is 0 Å². The van der Waals surface area contributed by atoms with E-state index < -0.39 is 10.0 Å². The molecule has 1 N–H and O–H groups in total. The average Bonchev–Trinajstić information content (AvgIpc) is 1.97. The Morgan fingerprint density at radius 2 is 2.08 bits per heavy atom. The lowest BCUT2D eigenvalue weighted by molar-refractivity contribution is 0.300. The van der Waals surface area contributed by atoms with E-state index in [0.29, 0.717) is 11.5 Å². The Morgan fingerprint density at radius 1 is 1.58 bits per heavy atom. The van der Waals surface area contributed by atoms with Crippen LogP contribution in [0.2, 0.25) is 0 Å². The molecule has 0 aliphatic rings. The predicted molar refractivity (Wildman–Crippen MR) is 47.9 cm³/mol. The van der Waals surface area contributed by atoms with Gasteiger partial charge in [-0.05, 0) is 6.92 Å². The third kappa shape index (κ3) is 4.02. The summed E-state index contributed by atoms with van der Waals surface area (Å²) in [5.41, 5.74) is 0.361. The minimum atomic E-state index is -3.25. The highest BCUT2D eigenvalue weighted by Crippen LogP contribution is 2.04. The molecule has 0 aromatic carbocycles. The molecule has 70 valence electrons. The van der Waals surface area contributed by atoms with E-state index in [9.17, 15) is 8.42 Å². The molecule has 0 saturated heterocycles. The normalized spacial score (nSPS) is 12.4. The number of methoxy groups -OCH3 is 1. The van der Waals surface area contributed by atoms with E-state index in [-0.39, 0.29) is 0 Å². The fourth-order valence-corrected chi connectivity index (χ4v) is 1.22. The van der Waals surface area contributed by atoms with Crippen molar-refractivity contribution in [3.8, 4) is 0 Å². The number of hydrogen-bond acceptors (Lipinski definition) is 3. The van der Waals surface area contributed by atoms with Gasteiger partial charge in [-0.15, -0.1) is 0 Å². The zero-order chi connectivity index (χ0) is 9.78.